The first-order valence-corrected chi connectivity index (χ1v) is 4.76. The van der Waals surface area contributed by atoms with Crippen LogP contribution in [0.1, 0.15) is 10.4 Å². The van der Waals surface area contributed by atoms with Crippen LogP contribution in [0.5, 0.6) is 0 Å². The second-order valence-electron chi connectivity index (χ2n) is 3.25. The van der Waals surface area contributed by atoms with Crippen molar-refractivity contribution in [3.05, 3.63) is 59.9 Å². The van der Waals surface area contributed by atoms with E-state index in [1.165, 1.54) is 0 Å². The van der Waals surface area contributed by atoms with Crippen molar-refractivity contribution in [2.45, 2.75) is 0 Å². The third-order valence-electron chi connectivity index (χ3n) is 2.23. The molecule has 4 heteroatoms. The lowest BCUT2D eigenvalue weighted by molar-refractivity contribution is 0.00235. The van der Waals surface area contributed by atoms with Gasteiger partial charge in [-0.05, 0) is 36.4 Å². The van der Waals surface area contributed by atoms with Crippen molar-refractivity contribution in [1.29, 1.82) is 0 Å². The normalized spacial score (nSPS) is 9.50. The third-order valence-corrected chi connectivity index (χ3v) is 2.23. The molecule has 0 radical (unpaired) electrons. The molecule has 16 heavy (non-hydrogen) atoms. The van der Waals surface area contributed by atoms with E-state index >= 15 is 0 Å². The molecule has 0 atom stereocenters. The number of hydrogen-bond donors (Lipinski definition) is 0. The maximum atomic E-state index is 11.3. The van der Waals surface area contributed by atoms with E-state index in [0.717, 1.165) is 11.9 Å². The van der Waals surface area contributed by atoms with Crippen LogP contribution < -0.4 is 0 Å². The zero-order valence-corrected chi connectivity index (χ0v) is 8.45. The molecule has 1 aromatic heterocycles. The highest BCUT2D eigenvalue weighted by atomic mass is 16.1. The number of rotatable bonds is 3. The standard InChI is InChI=1S/C12H9N3O/c13-14-9-12(16)10-3-5-11(6-4-10)15-7-1-2-8-15/h1-9H. The molecule has 0 unspecified atom stereocenters. The Labute approximate surface area is 92.4 Å². The highest BCUT2D eigenvalue weighted by Crippen LogP contribution is 2.09. The summed E-state index contributed by atoms with van der Waals surface area (Å²) in [6, 6.07) is 10.9. The van der Waals surface area contributed by atoms with E-state index in [9.17, 15) is 4.79 Å². The molecule has 0 spiro atoms. The molecule has 2 rings (SSSR count). The van der Waals surface area contributed by atoms with Crippen LogP contribution in [-0.4, -0.2) is 21.4 Å². The monoisotopic (exact) mass is 211 g/mol. The zero-order chi connectivity index (χ0) is 11.4. The smallest absolute Gasteiger partial charge is 0.328 e. The van der Waals surface area contributed by atoms with Gasteiger partial charge >= 0.3 is 6.21 Å². The average molecular weight is 211 g/mol. The Kier molecular flexibility index (Phi) is 2.76. The highest BCUT2D eigenvalue weighted by molar-refractivity contribution is 6.33. The van der Waals surface area contributed by atoms with Gasteiger partial charge in [-0.3, -0.25) is 4.79 Å². The summed E-state index contributed by atoms with van der Waals surface area (Å²) in [7, 11) is 0. The van der Waals surface area contributed by atoms with Crippen molar-refractivity contribution in [2.24, 2.45) is 0 Å². The number of ketones is 1. The minimum absolute atomic E-state index is 0.318. The predicted octanol–water partition coefficient (Wildman–Crippen LogP) is 1.96. The summed E-state index contributed by atoms with van der Waals surface area (Å²) in [5.74, 6) is -0.318. The molecule has 2 aromatic rings. The summed E-state index contributed by atoms with van der Waals surface area (Å²) in [5, 5.41) is 0. The van der Waals surface area contributed by atoms with E-state index in [2.05, 4.69) is 4.79 Å². The fraction of sp³-hybridized carbons (Fsp3) is 0. The maximum absolute atomic E-state index is 11.3. The van der Waals surface area contributed by atoms with Gasteiger partial charge in [0.2, 0.25) is 0 Å². The van der Waals surface area contributed by atoms with Gasteiger partial charge in [-0.25, -0.2) is 0 Å². The first-order chi connectivity index (χ1) is 7.81. The molecule has 0 aliphatic carbocycles. The van der Waals surface area contributed by atoms with Crippen LogP contribution >= 0.6 is 0 Å². The Morgan fingerprint density at radius 3 is 2.38 bits per heavy atom. The van der Waals surface area contributed by atoms with E-state index in [1.807, 2.05) is 41.2 Å². The quantitative estimate of drug-likeness (QED) is 0.331. The topological polar surface area (TPSA) is 58.4 Å². The Balaban J connectivity index is 2.30. The maximum Gasteiger partial charge on any atom is 0.328 e. The lowest BCUT2D eigenvalue weighted by Gasteiger charge is -2.02. The van der Waals surface area contributed by atoms with Gasteiger partial charge in [0.1, 0.15) is 0 Å². The number of carbonyl (C=O) groups is 1. The molecule has 78 valence electrons. The summed E-state index contributed by atoms with van der Waals surface area (Å²) in [6.45, 7) is 0. The molecule has 0 amide bonds. The number of carbonyl (C=O) groups excluding carboxylic acids is 1. The van der Waals surface area contributed by atoms with E-state index in [4.69, 9.17) is 5.53 Å². The van der Waals surface area contributed by atoms with Gasteiger partial charge < -0.3 is 10.1 Å². The SMILES string of the molecule is [N-]=[N+]=CC(=O)c1ccc(-n2cccc2)cc1. The molecule has 0 bridgehead atoms. The van der Waals surface area contributed by atoms with E-state index in [-0.39, 0.29) is 5.78 Å². The molecule has 0 N–H and O–H groups in total. The lowest BCUT2D eigenvalue weighted by Crippen LogP contribution is -2.01. The molecule has 0 fully saturated rings. The Hall–Kier alpha value is -2.45. The van der Waals surface area contributed by atoms with Crippen LogP contribution in [-0.2, 0) is 0 Å². The molecule has 1 aromatic carbocycles. The highest BCUT2D eigenvalue weighted by Gasteiger charge is 2.06. The lowest BCUT2D eigenvalue weighted by atomic mass is 10.1. The molecule has 0 aliphatic rings. The van der Waals surface area contributed by atoms with Gasteiger partial charge in [-0.2, -0.15) is 4.79 Å². The van der Waals surface area contributed by atoms with Crippen LogP contribution in [0.2, 0.25) is 0 Å². The summed E-state index contributed by atoms with van der Waals surface area (Å²) >= 11 is 0. The van der Waals surface area contributed by atoms with Gasteiger partial charge in [-0.15, -0.1) is 0 Å². The van der Waals surface area contributed by atoms with Crippen LogP contribution in [0.3, 0.4) is 0 Å². The molecule has 0 aliphatic heterocycles. The van der Waals surface area contributed by atoms with Crippen LogP contribution in [0.15, 0.2) is 48.8 Å². The molecule has 1 heterocycles. The van der Waals surface area contributed by atoms with E-state index in [1.54, 1.807) is 12.1 Å². The minimum Gasteiger partial charge on any atom is -0.361 e. The number of benzene rings is 1. The van der Waals surface area contributed by atoms with E-state index in [0.29, 0.717) is 5.56 Å². The van der Waals surface area contributed by atoms with Crippen molar-refractivity contribution in [1.82, 2.24) is 4.57 Å². The van der Waals surface area contributed by atoms with E-state index < -0.39 is 0 Å². The van der Waals surface area contributed by atoms with Crippen molar-refractivity contribution in [3.63, 3.8) is 0 Å². The fourth-order valence-corrected chi connectivity index (χ4v) is 1.43. The number of Topliss-reactive ketones (excluding diaryl/α,β-unsaturated/α-hetero) is 1. The van der Waals surface area contributed by atoms with Crippen molar-refractivity contribution < 1.29 is 9.58 Å². The Morgan fingerprint density at radius 2 is 1.81 bits per heavy atom. The number of nitrogens with zero attached hydrogens (tertiary/aromatic N) is 3. The summed E-state index contributed by atoms with van der Waals surface area (Å²) in [4.78, 5) is 14.0. The predicted molar refractivity (Wildman–Crippen MR) is 59.8 cm³/mol. The molecular formula is C12H9N3O. The average Bonchev–Trinajstić information content (AvgIpc) is 2.83. The van der Waals surface area contributed by atoms with Crippen LogP contribution in [0, 0.1) is 0 Å². The second-order valence-corrected chi connectivity index (χ2v) is 3.25. The van der Waals surface area contributed by atoms with Crippen molar-refractivity contribution >= 4 is 12.0 Å². The van der Waals surface area contributed by atoms with Gasteiger partial charge in [0.15, 0.2) is 0 Å². The molecule has 0 saturated heterocycles. The zero-order valence-electron chi connectivity index (χ0n) is 8.45. The second kappa shape index (κ2) is 4.38. The van der Waals surface area contributed by atoms with Crippen molar-refractivity contribution in [3.8, 4) is 5.69 Å². The molecule has 0 saturated carbocycles. The largest absolute Gasteiger partial charge is 0.361 e. The van der Waals surface area contributed by atoms with Gasteiger partial charge in [0, 0.05) is 23.6 Å². The van der Waals surface area contributed by atoms with Gasteiger partial charge in [-0.1, -0.05) is 0 Å². The number of aromatic nitrogens is 1. The summed E-state index contributed by atoms with van der Waals surface area (Å²) in [6.07, 6.45) is 4.72. The van der Waals surface area contributed by atoms with Crippen LogP contribution in [0.4, 0.5) is 0 Å². The molecule has 4 nitrogen and oxygen atoms in total. The minimum atomic E-state index is -0.318. The van der Waals surface area contributed by atoms with Gasteiger partial charge in [0.25, 0.3) is 5.78 Å². The van der Waals surface area contributed by atoms with Crippen LogP contribution in [0.25, 0.3) is 11.2 Å². The summed E-state index contributed by atoms with van der Waals surface area (Å²) < 4.78 is 1.94. The fourth-order valence-electron chi connectivity index (χ4n) is 1.43. The number of hydrogen-bond acceptors (Lipinski definition) is 1. The van der Waals surface area contributed by atoms with Crippen molar-refractivity contribution in [2.75, 3.05) is 0 Å². The molecular weight excluding hydrogens is 202 g/mol. The summed E-state index contributed by atoms with van der Waals surface area (Å²) in [5.41, 5.74) is 9.72. The Morgan fingerprint density at radius 1 is 1.19 bits per heavy atom. The Bertz CT molecular complexity index is 534. The third kappa shape index (κ3) is 1.97. The first kappa shape index (κ1) is 10.1. The first-order valence-electron chi connectivity index (χ1n) is 4.76. The van der Waals surface area contributed by atoms with Gasteiger partial charge in [0.05, 0.1) is 0 Å².